The van der Waals surface area contributed by atoms with Crippen molar-refractivity contribution in [1.82, 2.24) is 0 Å². The minimum absolute atomic E-state index is 0.268. The lowest BCUT2D eigenvalue weighted by molar-refractivity contribution is -0.267. The second-order valence-electron chi connectivity index (χ2n) is 3.69. The molecule has 1 rings (SSSR count). The smallest absolute Gasteiger partial charge is 0.162 e. The summed E-state index contributed by atoms with van der Waals surface area (Å²) in [6, 6.07) is 0. The van der Waals surface area contributed by atoms with Crippen molar-refractivity contribution in [3.8, 4) is 0 Å². The predicted octanol–water partition coefficient (Wildman–Crippen LogP) is 0.877. The third-order valence-electron chi connectivity index (χ3n) is 2.12. The van der Waals surface area contributed by atoms with Crippen LogP contribution in [0.1, 0.15) is 27.2 Å². The van der Waals surface area contributed by atoms with E-state index >= 15 is 0 Å². The maximum Gasteiger partial charge on any atom is 0.162 e. The Balaban J connectivity index is 2.48. The van der Waals surface area contributed by atoms with Gasteiger partial charge in [0.1, 0.15) is 0 Å². The largest absolute Gasteiger partial charge is 0.349 e. The van der Waals surface area contributed by atoms with E-state index in [1.54, 1.807) is 0 Å². The average molecular weight is 159 g/mol. The molecule has 1 aliphatic heterocycles. The first-order valence-corrected chi connectivity index (χ1v) is 4.04. The van der Waals surface area contributed by atoms with Gasteiger partial charge in [-0.1, -0.05) is 6.92 Å². The summed E-state index contributed by atoms with van der Waals surface area (Å²) in [5, 5.41) is 0. The molecule has 0 aliphatic carbocycles. The molecule has 0 atom stereocenters. The topological polar surface area (TPSA) is 44.5 Å². The molecule has 0 amide bonds. The molecule has 0 saturated carbocycles. The minimum atomic E-state index is -0.446. The van der Waals surface area contributed by atoms with Crippen molar-refractivity contribution >= 4 is 0 Å². The molecule has 66 valence electrons. The maximum atomic E-state index is 5.93. The molecule has 0 radical (unpaired) electrons. The molecule has 1 heterocycles. The molecule has 1 fully saturated rings. The quantitative estimate of drug-likeness (QED) is 0.617. The zero-order valence-electron chi connectivity index (χ0n) is 7.52. The van der Waals surface area contributed by atoms with Gasteiger partial charge in [0.15, 0.2) is 5.79 Å². The van der Waals surface area contributed by atoms with Gasteiger partial charge in [0.25, 0.3) is 0 Å². The zero-order chi connectivity index (χ0) is 8.54. The fourth-order valence-electron chi connectivity index (χ4n) is 0.923. The first-order valence-electron chi connectivity index (χ1n) is 4.04. The second kappa shape index (κ2) is 2.73. The summed E-state index contributed by atoms with van der Waals surface area (Å²) in [5.41, 5.74) is 5.66. The van der Waals surface area contributed by atoms with E-state index in [0.29, 0.717) is 13.2 Å². The van der Waals surface area contributed by atoms with Crippen LogP contribution in [0.4, 0.5) is 0 Å². The molecule has 11 heavy (non-hydrogen) atoms. The molecule has 3 nitrogen and oxygen atoms in total. The Morgan fingerprint density at radius 3 is 2.09 bits per heavy atom. The van der Waals surface area contributed by atoms with Crippen LogP contribution >= 0.6 is 0 Å². The molecule has 0 aromatic heterocycles. The highest BCUT2D eigenvalue weighted by Crippen LogP contribution is 2.23. The van der Waals surface area contributed by atoms with Crippen molar-refractivity contribution in [2.45, 2.75) is 38.5 Å². The molecule has 1 aliphatic rings. The number of rotatable bonds is 1. The highest BCUT2D eigenvalue weighted by atomic mass is 16.7. The average Bonchev–Trinajstić information content (AvgIpc) is 1.97. The molecule has 0 bridgehead atoms. The van der Waals surface area contributed by atoms with Crippen LogP contribution < -0.4 is 5.73 Å². The van der Waals surface area contributed by atoms with E-state index in [4.69, 9.17) is 15.2 Å². The van der Waals surface area contributed by atoms with E-state index in [9.17, 15) is 0 Å². The first kappa shape index (κ1) is 8.97. The molecular weight excluding hydrogens is 142 g/mol. The van der Waals surface area contributed by atoms with Crippen molar-refractivity contribution in [3.63, 3.8) is 0 Å². The van der Waals surface area contributed by atoms with Gasteiger partial charge in [-0.05, 0) is 20.3 Å². The van der Waals surface area contributed by atoms with E-state index in [1.807, 2.05) is 20.8 Å². The van der Waals surface area contributed by atoms with Gasteiger partial charge in [0.2, 0.25) is 0 Å². The molecule has 2 N–H and O–H groups in total. The fourth-order valence-corrected chi connectivity index (χ4v) is 0.923. The van der Waals surface area contributed by atoms with E-state index in [0.717, 1.165) is 6.42 Å². The molecule has 0 aromatic rings. The summed E-state index contributed by atoms with van der Waals surface area (Å²) < 4.78 is 10.8. The number of nitrogens with two attached hydrogens (primary N) is 1. The van der Waals surface area contributed by atoms with Crippen LogP contribution in [0.2, 0.25) is 0 Å². The van der Waals surface area contributed by atoms with Crippen LogP contribution in [0, 0.1) is 0 Å². The molecule has 0 spiro atoms. The summed E-state index contributed by atoms with van der Waals surface area (Å²) >= 11 is 0. The molecule has 3 heteroatoms. The number of hydrogen-bond acceptors (Lipinski definition) is 3. The summed E-state index contributed by atoms with van der Waals surface area (Å²) in [6.45, 7) is 7.04. The minimum Gasteiger partial charge on any atom is -0.349 e. The summed E-state index contributed by atoms with van der Waals surface area (Å²) in [4.78, 5) is 0. The lowest BCUT2D eigenvalue weighted by Crippen LogP contribution is -2.56. The van der Waals surface area contributed by atoms with Crippen LogP contribution in [0.15, 0.2) is 0 Å². The predicted molar refractivity (Wildman–Crippen MR) is 43.2 cm³/mol. The molecule has 1 saturated heterocycles. The van der Waals surface area contributed by atoms with Crippen molar-refractivity contribution in [2.75, 3.05) is 13.2 Å². The van der Waals surface area contributed by atoms with E-state index in [2.05, 4.69) is 0 Å². The first-order chi connectivity index (χ1) is 4.97. The Bertz CT molecular complexity index is 135. The van der Waals surface area contributed by atoms with Gasteiger partial charge in [0, 0.05) is 0 Å². The van der Waals surface area contributed by atoms with Crippen molar-refractivity contribution in [1.29, 1.82) is 0 Å². The number of hydrogen-bond donors (Lipinski definition) is 1. The Hall–Kier alpha value is -0.120. The normalized spacial score (nSPS) is 28.4. The van der Waals surface area contributed by atoms with Gasteiger partial charge in [-0.2, -0.15) is 0 Å². The molecular formula is C8H17NO2. The fraction of sp³-hybridized carbons (Fsp3) is 1.00. The Kier molecular flexibility index (Phi) is 2.23. The van der Waals surface area contributed by atoms with Gasteiger partial charge >= 0.3 is 0 Å². The standard InChI is InChI=1S/C8H17NO2/c1-4-8(9)5-10-7(2,3)11-6-8/h4-6,9H2,1-3H3. The van der Waals surface area contributed by atoms with E-state index in [-0.39, 0.29) is 5.54 Å². The summed E-state index contributed by atoms with van der Waals surface area (Å²) in [7, 11) is 0. The maximum absolute atomic E-state index is 5.93. The second-order valence-corrected chi connectivity index (χ2v) is 3.69. The number of ether oxygens (including phenoxy) is 2. The zero-order valence-corrected chi connectivity index (χ0v) is 7.52. The van der Waals surface area contributed by atoms with Crippen molar-refractivity contribution in [3.05, 3.63) is 0 Å². The summed E-state index contributed by atoms with van der Waals surface area (Å²) in [6.07, 6.45) is 0.892. The molecule has 0 unspecified atom stereocenters. The summed E-state index contributed by atoms with van der Waals surface area (Å²) in [5.74, 6) is -0.446. The highest BCUT2D eigenvalue weighted by Gasteiger charge is 2.35. The lowest BCUT2D eigenvalue weighted by atomic mass is 9.99. The van der Waals surface area contributed by atoms with Crippen LogP contribution in [-0.2, 0) is 9.47 Å². The van der Waals surface area contributed by atoms with Crippen LogP contribution in [0.3, 0.4) is 0 Å². The third-order valence-corrected chi connectivity index (χ3v) is 2.12. The van der Waals surface area contributed by atoms with Crippen LogP contribution in [0.5, 0.6) is 0 Å². The van der Waals surface area contributed by atoms with Gasteiger partial charge in [-0.15, -0.1) is 0 Å². The van der Waals surface area contributed by atoms with Crippen molar-refractivity contribution in [2.24, 2.45) is 5.73 Å². The Morgan fingerprint density at radius 2 is 1.73 bits per heavy atom. The highest BCUT2D eigenvalue weighted by molar-refractivity contribution is 4.86. The van der Waals surface area contributed by atoms with Gasteiger partial charge in [-0.3, -0.25) is 0 Å². The van der Waals surface area contributed by atoms with Crippen molar-refractivity contribution < 1.29 is 9.47 Å². The molecule has 0 aromatic carbocycles. The van der Waals surface area contributed by atoms with Gasteiger partial charge in [0.05, 0.1) is 18.8 Å². The Labute approximate surface area is 67.9 Å². The Morgan fingerprint density at radius 1 is 1.27 bits per heavy atom. The monoisotopic (exact) mass is 159 g/mol. The third kappa shape index (κ3) is 2.15. The SMILES string of the molecule is CCC1(N)COC(C)(C)OC1. The van der Waals surface area contributed by atoms with Gasteiger partial charge < -0.3 is 15.2 Å². The lowest BCUT2D eigenvalue weighted by Gasteiger charge is -2.40. The van der Waals surface area contributed by atoms with Crippen LogP contribution in [0.25, 0.3) is 0 Å². The van der Waals surface area contributed by atoms with E-state index < -0.39 is 5.79 Å². The van der Waals surface area contributed by atoms with E-state index in [1.165, 1.54) is 0 Å². The van der Waals surface area contributed by atoms with Crippen LogP contribution in [-0.4, -0.2) is 24.5 Å². The van der Waals surface area contributed by atoms with Gasteiger partial charge in [-0.25, -0.2) is 0 Å².